The summed E-state index contributed by atoms with van der Waals surface area (Å²) in [6, 6.07) is 15.0. The maximum atomic E-state index is 13.4. The third-order valence-electron chi connectivity index (χ3n) is 5.38. The standard InChI is InChI=1S/C23H25BrN2O4S/c1-2-3-16-30-20-8-10-21(11-9-20)31(29)23(22(27)25-28)12-14-26(15-13-23)17-18-4-6-19(24)7-5-18/h4-11,28H,12-17H2,1H3,(H,25,27). The summed E-state index contributed by atoms with van der Waals surface area (Å²) < 4.78 is 18.8. The van der Waals surface area contributed by atoms with E-state index in [1.807, 2.05) is 12.1 Å². The molecule has 0 saturated carbocycles. The van der Waals surface area contributed by atoms with Gasteiger partial charge in [-0.05, 0) is 61.7 Å². The van der Waals surface area contributed by atoms with E-state index in [-0.39, 0.29) is 6.61 Å². The minimum absolute atomic E-state index is 0.282. The van der Waals surface area contributed by atoms with Crippen molar-refractivity contribution in [2.24, 2.45) is 0 Å². The third kappa shape index (κ3) is 5.74. The van der Waals surface area contributed by atoms with Crippen molar-refractivity contribution in [3.63, 3.8) is 0 Å². The van der Waals surface area contributed by atoms with Crippen molar-refractivity contribution in [3.05, 3.63) is 58.6 Å². The predicted octanol–water partition coefficient (Wildman–Crippen LogP) is 3.50. The van der Waals surface area contributed by atoms with Crippen molar-refractivity contribution in [2.75, 3.05) is 19.7 Å². The first-order valence-corrected chi connectivity index (χ1v) is 11.9. The molecule has 1 saturated heterocycles. The van der Waals surface area contributed by atoms with Crippen LogP contribution in [0, 0.1) is 11.8 Å². The maximum Gasteiger partial charge on any atom is 0.262 e. The van der Waals surface area contributed by atoms with Crippen LogP contribution in [0.1, 0.15) is 25.3 Å². The van der Waals surface area contributed by atoms with E-state index in [0.717, 1.165) is 11.0 Å². The van der Waals surface area contributed by atoms with Gasteiger partial charge in [-0.1, -0.05) is 34.0 Å². The molecule has 3 rings (SSSR count). The minimum Gasteiger partial charge on any atom is -0.481 e. The summed E-state index contributed by atoms with van der Waals surface area (Å²) >= 11 is 3.44. The van der Waals surface area contributed by atoms with Crippen molar-refractivity contribution in [3.8, 4) is 17.6 Å². The number of ether oxygens (including phenoxy) is 1. The number of piperidine rings is 1. The lowest BCUT2D eigenvalue weighted by atomic mass is 9.94. The fourth-order valence-corrected chi connectivity index (χ4v) is 5.46. The molecule has 1 aliphatic rings. The molecule has 31 heavy (non-hydrogen) atoms. The second kappa shape index (κ2) is 10.9. The predicted molar refractivity (Wildman–Crippen MR) is 123 cm³/mol. The van der Waals surface area contributed by atoms with Crippen LogP contribution >= 0.6 is 15.9 Å². The average molecular weight is 505 g/mol. The van der Waals surface area contributed by atoms with E-state index in [9.17, 15) is 14.2 Å². The van der Waals surface area contributed by atoms with Gasteiger partial charge >= 0.3 is 0 Å². The molecule has 1 amide bonds. The Balaban J connectivity index is 1.71. The number of nitrogens with one attached hydrogen (secondary N) is 1. The summed E-state index contributed by atoms with van der Waals surface area (Å²) in [4.78, 5) is 15.4. The molecule has 1 atom stereocenters. The zero-order valence-corrected chi connectivity index (χ0v) is 19.7. The number of likely N-dealkylation sites (tertiary alicyclic amines) is 1. The molecule has 1 heterocycles. The highest BCUT2D eigenvalue weighted by molar-refractivity contribution is 9.10. The number of rotatable bonds is 7. The molecule has 8 heteroatoms. The molecule has 2 N–H and O–H groups in total. The summed E-state index contributed by atoms with van der Waals surface area (Å²) in [5.74, 6) is 5.59. The fourth-order valence-electron chi connectivity index (χ4n) is 3.60. The molecule has 1 fully saturated rings. The molecule has 0 spiro atoms. The highest BCUT2D eigenvalue weighted by Crippen LogP contribution is 2.34. The molecule has 2 aromatic carbocycles. The minimum atomic E-state index is -1.63. The Morgan fingerprint density at radius 3 is 2.42 bits per heavy atom. The summed E-state index contributed by atoms with van der Waals surface area (Å²) in [5.41, 5.74) is 2.92. The Kier molecular flexibility index (Phi) is 8.27. The highest BCUT2D eigenvalue weighted by Gasteiger charge is 2.47. The van der Waals surface area contributed by atoms with E-state index in [1.54, 1.807) is 36.7 Å². The van der Waals surface area contributed by atoms with Gasteiger partial charge in [0.05, 0.1) is 10.8 Å². The second-order valence-corrected chi connectivity index (χ2v) is 10.00. The van der Waals surface area contributed by atoms with Crippen LogP contribution in [-0.2, 0) is 22.1 Å². The van der Waals surface area contributed by atoms with E-state index in [1.165, 1.54) is 5.56 Å². The van der Waals surface area contributed by atoms with Gasteiger partial charge in [-0.3, -0.25) is 19.1 Å². The first-order chi connectivity index (χ1) is 15.0. The lowest BCUT2D eigenvalue weighted by Crippen LogP contribution is -2.55. The zero-order chi connectivity index (χ0) is 22.3. The molecular weight excluding hydrogens is 480 g/mol. The Morgan fingerprint density at radius 2 is 1.84 bits per heavy atom. The SMILES string of the molecule is CC#CCOc1ccc(S(=O)C2(C(=O)NO)CCN(Cc3ccc(Br)cc3)CC2)cc1. The van der Waals surface area contributed by atoms with Crippen LogP contribution in [0.2, 0.25) is 0 Å². The number of nitrogens with zero attached hydrogens (tertiary/aromatic N) is 1. The number of hydrogen-bond acceptors (Lipinski definition) is 5. The van der Waals surface area contributed by atoms with E-state index in [2.05, 4.69) is 44.8 Å². The van der Waals surface area contributed by atoms with E-state index < -0.39 is 21.5 Å². The summed E-state index contributed by atoms with van der Waals surface area (Å²) in [5, 5.41) is 9.35. The number of amides is 1. The molecule has 6 nitrogen and oxygen atoms in total. The van der Waals surface area contributed by atoms with Crippen LogP contribution in [0.5, 0.6) is 5.75 Å². The van der Waals surface area contributed by atoms with Crippen LogP contribution in [0.15, 0.2) is 57.9 Å². The van der Waals surface area contributed by atoms with Crippen molar-refractivity contribution >= 4 is 32.6 Å². The molecule has 1 aliphatic heterocycles. The number of halogens is 1. The number of carbonyl (C=O) groups excluding carboxylic acids is 1. The van der Waals surface area contributed by atoms with Crippen molar-refractivity contribution in [2.45, 2.75) is 36.0 Å². The smallest absolute Gasteiger partial charge is 0.262 e. The number of carbonyl (C=O) groups is 1. The van der Waals surface area contributed by atoms with Gasteiger partial charge in [-0.25, -0.2) is 5.48 Å². The van der Waals surface area contributed by atoms with Crippen molar-refractivity contribution < 1.29 is 18.9 Å². The van der Waals surface area contributed by atoms with E-state index >= 15 is 0 Å². The molecule has 2 aromatic rings. The van der Waals surface area contributed by atoms with Gasteiger partial charge in [0.15, 0.2) is 0 Å². The molecule has 1 unspecified atom stereocenters. The van der Waals surface area contributed by atoms with E-state index in [0.29, 0.717) is 36.6 Å². The van der Waals surface area contributed by atoms with Crippen LogP contribution < -0.4 is 10.2 Å². The van der Waals surface area contributed by atoms with Gasteiger partial charge in [0.25, 0.3) is 5.91 Å². The van der Waals surface area contributed by atoms with Gasteiger partial charge in [0.2, 0.25) is 0 Å². The lowest BCUT2D eigenvalue weighted by Gasteiger charge is -2.39. The Bertz CT molecular complexity index is 975. The number of hydrogen-bond donors (Lipinski definition) is 2. The van der Waals surface area contributed by atoms with Crippen LogP contribution in [0.3, 0.4) is 0 Å². The van der Waals surface area contributed by atoms with Gasteiger partial charge in [0, 0.05) is 29.0 Å². The quantitative estimate of drug-likeness (QED) is 0.342. The summed E-state index contributed by atoms with van der Waals surface area (Å²) in [7, 11) is -1.63. The second-order valence-electron chi connectivity index (χ2n) is 7.29. The molecular formula is C23H25BrN2O4S. The van der Waals surface area contributed by atoms with Crippen LogP contribution in [0.4, 0.5) is 0 Å². The van der Waals surface area contributed by atoms with E-state index in [4.69, 9.17) is 4.74 Å². The van der Waals surface area contributed by atoms with Gasteiger partial charge in [0.1, 0.15) is 17.1 Å². The summed E-state index contributed by atoms with van der Waals surface area (Å²) in [6.45, 7) is 3.98. The van der Waals surface area contributed by atoms with Crippen LogP contribution in [0.25, 0.3) is 0 Å². The molecule has 0 aliphatic carbocycles. The fraction of sp³-hybridized carbons (Fsp3) is 0.348. The first kappa shape index (κ1) is 23.5. The monoisotopic (exact) mass is 504 g/mol. The summed E-state index contributed by atoms with van der Waals surface area (Å²) in [6.07, 6.45) is 0.764. The molecule has 0 bridgehead atoms. The van der Waals surface area contributed by atoms with Gasteiger partial charge in [-0.15, -0.1) is 5.92 Å². The van der Waals surface area contributed by atoms with Crippen molar-refractivity contribution in [1.82, 2.24) is 10.4 Å². The lowest BCUT2D eigenvalue weighted by molar-refractivity contribution is -0.133. The molecule has 0 radical (unpaired) electrons. The Labute approximate surface area is 193 Å². The first-order valence-electron chi connectivity index (χ1n) is 9.94. The molecule has 0 aromatic heterocycles. The topological polar surface area (TPSA) is 78.9 Å². The molecule has 164 valence electrons. The van der Waals surface area contributed by atoms with Crippen LogP contribution in [-0.4, -0.2) is 44.7 Å². The average Bonchev–Trinajstić information content (AvgIpc) is 2.81. The largest absolute Gasteiger partial charge is 0.481 e. The maximum absolute atomic E-state index is 13.4. The number of hydroxylamine groups is 1. The van der Waals surface area contributed by atoms with Crippen molar-refractivity contribution in [1.29, 1.82) is 0 Å². The number of benzene rings is 2. The Morgan fingerprint density at radius 1 is 1.19 bits per heavy atom. The third-order valence-corrected chi connectivity index (χ3v) is 7.91. The highest BCUT2D eigenvalue weighted by atomic mass is 79.9. The Hall–Kier alpha value is -2.18. The zero-order valence-electron chi connectivity index (χ0n) is 17.3. The van der Waals surface area contributed by atoms with Gasteiger partial charge in [-0.2, -0.15) is 0 Å². The van der Waals surface area contributed by atoms with Gasteiger partial charge < -0.3 is 4.74 Å². The normalized spacial score (nSPS) is 16.6.